The monoisotopic (exact) mass is 323 g/mol. The Labute approximate surface area is 142 Å². The molecule has 0 saturated carbocycles. The van der Waals surface area contributed by atoms with Gasteiger partial charge in [-0.15, -0.1) is 0 Å². The Morgan fingerprint density at radius 1 is 1.04 bits per heavy atom. The molecule has 0 aliphatic carbocycles. The lowest BCUT2D eigenvalue weighted by Crippen LogP contribution is -2.41. The second-order valence-electron chi connectivity index (χ2n) is 5.66. The second-order valence-corrected chi connectivity index (χ2v) is 5.66. The molecule has 1 atom stereocenters. The first-order valence-electron chi connectivity index (χ1n) is 7.73. The second kappa shape index (κ2) is 8.11. The molecule has 2 aromatic rings. The van der Waals surface area contributed by atoms with Crippen LogP contribution in [0.2, 0.25) is 0 Å². The van der Waals surface area contributed by atoms with Gasteiger partial charge in [-0.3, -0.25) is 9.59 Å². The zero-order chi connectivity index (χ0) is 17.4. The molecule has 0 spiro atoms. The van der Waals surface area contributed by atoms with E-state index in [0.29, 0.717) is 5.69 Å². The first kappa shape index (κ1) is 17.5. The van der Waals surface area contributed by atoms with E-state index in [1.165, 1.54) is 7.11 Å². The number of hydrogen-bond acceptors (Lipinski definition) is 3. The van der Waals surface area contributed by atoms with Gasteiger partial charge in [-0.05, 0) is 31.0 Å². The van der Waals surface area contributed by atoms with E-state index in [-0.39, 0.29) is 6.42 Å². The van der Waals surface area contributed by atoms with E-state index in [9.17, 15) is 9.59 Å². The molecule has 0 aliphatic heterocycles. The number of para-hydroxylation sites is 1. The number of carbonyl (C=O) groups excluding carboxylic acids is 2. The summed E-state index contributed by atoms with van der Waals surface area (Å²) in [5.41, 5.74) is 0.355. The summed E-state index contributed by atoms with van der Waals surface area (Å²) in [7, 11) is 1.29. The third-order valence-electron chi connectivity index (χ3n) is 3.80. The standard InChI is InChI=1S/C20H21NO3/c1-20(19(23)24-2,15-9-12-16-10-5-3-6-11-16)18(22)21-17-13-7-4-8-14-17/h3-14H,15H2,1-2H3,(H,21,22)/b12-9+/t20-/m1/s1. The van der Waals surface area contributed by atoms with E-state index in [1.54, 1.807) is 19.1 Å². The molecule has 124 valence electrons. The highest BCUT2D eigenvalue weighted by Crippen LogP contribution is 2.27. The number of esters is 1. The van der Waals surface area contributed by atoms with Crippen molar-refractivity contribution in [1.82, 2.24) is 0 Å². The number of hydrogen-bond donors (Lipinski definition) is 1. The van der Waals surface area contributed by atoms with Crippen LogP contribution < -0.4 is 5.32 Å². The molecule has 1 amide bonds. The highest BCUT2D eigenvalue weighted by molar-refractivity contribution is 6.08. The SMILES string of the molecule is COC(=O)[C@](C)(C/C=C/c1ccccc1)C(=O)Nc1ccccc1. The van der Waals surface area contributed by atoms with Gasteiger partial charge in [0.15, 0.2) is 0 Å². The molecule has 0 heterocycles. The lowest BCUT2D eigenvalue weighted by atomic mass is 9.85. The van der Waals surface area contributed by atoms with E-state index in [4.69, 9.17) is 4.74 Å². The smallest absolute Gasteiger partial charge is 0.321 e. The predicted molar refractivity (Wildman–Crippen MR) is 95.3 cm³/mol. The summed E-state index contributed by atoms with van der Waals surface area (Å²) in [6.07, 6.45) is 3.95. The zero-order valence-corrected chi connectivity index (χ0v) is 13.9. The average molecular weight is 323 g/mol. The number of carbonyl (C=O) groups is 2. The maximum Gasteiger partial charge on any atom is 0.321 e. The fraction of sp³-hybridized carbons (Fsp3) is 0.200. The van der Waals surface area contributed by atoms with Crippen LogP contribution in [0.25, 0.3) is 6.08 Å². The first-order chi connectivity index (χ1) is 11.6. The summed E-state index contributed by atoms with van der Waals surface area (Å²) < 4.78 is 4.84. The van der Waals surface area contributed by atoms with Gasteiger partial charge < -0.3 is 10.1 Å². The average Bonchev–Trinajstić information content (AvgIpc) is 2.62. The van der Waals surface area contributed by atoms with Gasteiger partial charge in [0.1, 0.15) is 5.41 Å². The van der Waals surface area contributed by atoms with Crippen molar-refractivity contribution in [3.63, 3.8) is 0 Å². The molecule has 2 aromatic carbocycles. The minimum Gasteiger partial charge on any atom is -0.468 e. The van der Waals surface area contributed by atoms with E-state index < -0.39 is 17.3 Å². The number of allylic oxidation sites excluding steroid dienone is 1. The lowest BCUT2D eigenvalue weighted by Gasteiger charge is -2.24. The van der Waals surface area contributed by atoms with Crippen LogP contribution >= 0.6 is 0 Å². The largest absolute Gasteiger partial charge is 0.468 e. The molecule has 0 saturated heterocycles. The fourth-order valence-electron chi connectivity index (χ4n) is 2.28. The summed E-state index contributed by atoms with van der Waals surface area (Å²) in [6.45, 7) is 1.59. The van der Waals surface area contributed by atoms with Gasteiger partial charge >= 0.3 is 5.97 Å². The number of ether oxygens (including phenoxy) is 1. The molecule has 4 heteroatoms. The quantitative estimate of drug-likeness (QED) is 0.648. The third-order valence-corrected chi connectivity index (χ3v) is 3.80. The van der Waals surface area contributed by atoms with Gasteiger partial charge in [0.05, 0.1) is 7.11 Å². The van der Waals surface area contributed by atoms with Gasteiger partial charge in [0.25, 0.3) is 0 Å². The number of rotatable bonds is 6. The van der Waals surface area contributed by atoms with Crippen molar-refractivity contribution in [3.05, 3.63) is 72.3 Å². The molecule has 0 aromatic heterocycles. The molecule has 0 bridgehead atoms. The number of nitrogens with one attached hydrogen (secondary N) is 1. The Morgan fingerprint density at radius 3 is 2.21 bits per heavy atom. The fourth-order valence-corrected chi connectivity index (χ4v) is 2.28. The molecule has 4 nitrogen and oxygen atoms in total. The number of anilines is 1. The Hall–Kier alpha value is -2.88. The molecule has 24 heavy (non-hydrogen) atoms. The minimum absolute atomic E-state index is 0.243. The van der Waals surface area contributed by atoms with Crippen LogP contribution in [0.3, 0.4) is 0 Å². The molecular weight excluding hydrogens is 302 g/mol. The molecular formula is C20H21NO3. The van der Waals surface area contributed by atoms with Crippen LogP contribution in [0.1, 0.15) is 18.9 Å². The van der Waals surface area contributed by atoms with Crippen molar-refractivity contribution in [3.8, 4) is 0 Å². The summed E-state index contributed by atoms with van der Waals surface area (Å²) >= 11 is 0. The van der Waals surface area contributed by atoms with Crippen LogP contribution in [0.4, 0.5) is 5.69 Å². The van der Waals surface area contributed by atoms with Crippen molar-refractivity contribution >= 4 is 23.6 Å². The molecule has 1 N–H and O–H groups in total. The number of benzene rings is 2. The topological polar surface area (TPSA) is 55.4 Å². The summed E-state index contributed by atoms with van der Waals surface area (Å²) in [5, 5.41) is 2.77. The first-order valence-corrected chi connectivity index (χ1v) is 7.73. The maximum absolute atomic E-state index is 12.6. The number of amides is 1. The summed E-state index contributed by atoms with van der Waals surface area (Å²) in [5.74, 6) is -0.952. The minimum atomic E-state index is -1.30. The Balaban J connectivity index is 2.14. The van der Waals surface area contributed by atoms with Crippen LogP contribution in [-0.2, 0) is 14.3 Å². The van der Waals surface area contributed by atoms with Gasteiger partial charge in [0.2, 0.25) is 5.91 Å². The van der Waals surface area contributed by atoms with E-state index in [0.717, 1.165) is 5.56 Å². The Bertz CT molecular complexity index is 710. The van der Waals surface area contributed by atoms with Gasteiger partial charge in [-0.1, -0.05) is 60.7 Å². The molecule has 0 radical (unpaired) electrons. The summed E-state index contributed by atoms with van der Waals surface area (Å²) in [6, 6.07) is 18.8. The van der Waals surface area contributed by atoms with Crippen molar-refractivity contribution in [2.24, 2.45) is 5.41 Å². The third kappa shape index (κ3) is 4.32. The Kier molecular flexibility index (Phi) is 5.90. The van der Waals surface area contributed by atoms with Crippen molar-refractivity contribution in [2.45, 2.75) is 13.3 Å². The molecule has 2 rings (SSSR count). The molecule has 0 fully saturated rings. The molecule has 0 unspecified atom stereocenters. The lowest BCUT2D eigenvalue weighted by molar-refractivity contribution is -0.155. The highest BCUT2D eigenvalue weighted by Gasteiger charge is 2.41. The van der Waals surface area contributed by atoms with Gasteiger partial charge in [0, 0.05) is 5.69 Å². The van der Waals surface area contributed by atoms with Gasteiger partial charge in [-0.2, -0.15) is 0 Å². The van der Waals surface area contributed by atoms with E-state index in [2.05, 4.69) is 5.32 Å². The van der Waals surface area contributed by atoms with Crippen LogP contribution in [0.15, 0.2) is 66.7 Å². The van der Waals surface area contributed by atoms with Gasteiger partial charge in [-0.25, -0.2) is 0 Å². The van der Waals surface area contributed by atoms with Crippen LogP contribution in [0, 0.1) is 5.41 Å². The van der Waals surface area contributed by atoms with Crippen LogP contribution in [0.5, 0.6) is 0 Å². The van der Waals surface area contributed by atoms with E-state index >= 15 is 0 Å². The zero-order valence-electron chi connectivity index (χ0n) is 13.9. The van der Waals surface area contributed by atoms with Crippen LogP contribution in [-0.4, -0.2) is 19.0 Å². The number of methoxy groups -OCH3 is 1. The van der Waals surface area contributed by atoms with Crippen molar-refractivity contribution < 1.29 is 14.3 Å². The molecule has 0 aliphatic rings. The maximum atomic E-state index is 12.6. The normalized spacial score (nSPS) is 13.2. The summed E-state index contributed by atoms with van der Waals surface area (Å²) in [4.78, 5) is 24.8. The van der Waals surface area contributed by atoms with Crippen molar-refractivity contribution in [1.29, 1.82) is 0 Å². The Morgan fingerprint density at radius 2 is 1.62 bits per heavy atom. The highest BCUT2D eigenvalue weighted by atomic mass is 16.5. The van der Waals surface area contributed by atoms with Crippen molar-refractivity contribution in [2.75, 3.05) is 12.4 Å². The predicted octanol–water partition coefficient (Wildman–Crippen LogP) is 3.91. The van der Waals surface area contributed by atoms with E-state index in [1.807, 2.05) is 60.7 Å².